The summed E-state index contributed by atoms with van der Waals surface area (Å²) in [7, 11) is -6.28. The third-order valence-corrected chi connectivity index (χ3v) is 17.9. The van der Waals surface area contributed by atoms with Gasteiger partial charge in [0, 0.05) is 49.1 Å². The number of sulfone groups is 2. The molecular weight excluding hydrogens is 967 g/mol. The molecule has 0 radical (unpaired) electrons. The molecule has 0 bridgehead atoms. The highest BCUT2D eigenvalue weighted by Gasteiger charge is 2.53. The third-order valence-electron chi connectivity index (χ3n) is 13.4. The second-order valence-corrected chi connectivity index (χ2v) is 22.6. The molecule has 372 valence electrons. The van der Waals surface area contributed by atoms with Crippen LogP contribution in [0.3, 0.4) is 0 Å². The highest BCUT2D eigenvalue weighted by atomic mass is 32.2. The van der Waals surface area contributed by atoms with Crippen molar-refractivity contribution >= 4 is 31.5 Å². The summed E-state index contributed by atoms with van der Waals surface area (Å²) in [5.74, 6) is -2.82. The van der Waals surface area contributed by atoms with E-state index in [4.69, 9.17) is 9.47 Å². The van der Waals surface area contributed by atoms with Crippen molar-refractivity contribution in [1.29, 1.82) is 10.5 Å². The lowest BCUT2D eigenvalue weighted by Gasteiger charge is -2.19. The number of carbonyl (C=O) groups excluding carboxylic acids is 2. The van der Waals surface area contributed by atoms with Gasteiger partial charge in [0.25, 0.3) is 0 Å². The van der Waals surface area contributed by atoms with Gasteiger partial charge in [-0.1, -0.05) is 24.3 Å². The van der Waals surface area contributed by atoms with Gasteiger partial charge < -0.3 is 20.1 Å². The smallest absolute Gasteiger partial charge is 0.381 e. The summed E-state index contributed by atoms with van der Waals surface area (Å²) in [6.07, 6.45) is -7.23. The minimum Gasteiger partial charge on any atom is -0.381 e. The quantitative estimate of drug-likeness (QED) is 0.131. The Bertz CT molecular complexity index is 2770. The first kappa shape index (κ1) is 51.9. The van der Waals surface area contributed by atoms with Crippen molar-refractivity contribution in [2.75, 3.05) is 14.2 Å². The van der Waals surface area contributed by atoms with Crippen LogP contribution in [0.25, 0.3) is 22.3 Å². The Morgan fingerprint density at radius 1 is 0.600 bits per heavy atom. The van der Waals surface area contributed by atoms with Crippen molar-refractivity contribution in [1.82, 2.24) is 20.6 Å². The van der Waals surface area contributed by atoms with Crippen molar-refractivity contribution in [3.63, 3.8) is 0 Å². The Morgan fingerprint density at radius 3 is 1.21 bits per heavy atom. The lowest BCUT2D eigenvalue weighted by atomic mass is 10.0. The summed E-state index contributed by atoms with van der Waals surface area (Å²) >= 11 is 0. The maximum absolute atomic E-state index is 14.0. The van der Waals surface area contributed by atoms with Crippen LogP contribution in [-0.4, -0.2) is 86.6 Å². The zero-order valence-corrected chi connectivity index (χ0v) is 39.8. The van der Waals surface area contributed by atoms with E-state index < -0.39 is 110 Å². The second kappa shape index (κ2) is 19.3. The fourth-order valence-electron chi connectivity index (χ4n) is 8.92. The minimum atomic E-state index is -4.92. The lowest BCUT2D eigenvalue weighted by molar-refractivity contribution is -0.140. The van der Waals surface area contributed by atoms with Gasteiger partial charge in [-0.3, -0.25) is 19.6 Å². The molecule has 0 spiro atoms. The molecule has 4 aliphatic rings. The summed E-state index contributed by atoms with van der Waals surface area (Å²) < 4.78 is 148. The zero-order valence-electron chi connectivity index (χ0n) is 38.2. The number of ether oxygens (including phenoxy) is 2. The molecule has 4 aromatic rings. The third kappa shape index (κ3) is 10.8. The van der Waals surface area contributed by atoms with E-state index in [0.717, 1.165) is 24.3 Å². The van der Waals surface area contributed by atoms with Crippen molar-refractivity contribution in [3.8, 4) is 34.4 Å². The highest BCUT2D eigenvalue weighted by molar-refractivity contribution is 7.92. The van der Waals surface area contributed by atoms with Crippen molar-refractivity contribution in [3.05, 3.63) is 95.6 Å². The molecule has 4 aliphatic carbocycles. The fraction of sp³-hybridized carbons (Fsp3) is 0.458. The first-order valence-electron chi connectivity index (χ1n) is 22.1. The van der Waals surface area contributed by atoms with Gasteiger partial charge in [-0.25, -0.2) is 16.8 Å². The largest absolute Gasteiger partial charge is 0.417 e. The molecule has 70 heavy (non-hydrogen) atoms. The van der Waals surface area contributed by atoms with Gasteiger partial charge in [-0.05, 0) is 113 Å². The van der Waals surface area contributed by atoms with Crippen LogP contribution in [0, 0.1) is 48.3 Å². The first-order chi connectivity index (χ1) is 32.8. The van der Waals surface area contributed by atoms with Crippen molar-refractivity contribution < 1.29 is 62.2 Å². The Morgan fingerprint density at radius 2 is 0.943 bits per heavy atom. The molecule has 0 unspecified atom stereocenters. The van der Waals surface area contributed by atoms with Crippen LogP contribution in [0.2, 0.25) is 0 Å². The number of aryl methyl sites for hydroxylation is 2. The number of nitriles is 2. The van der Waals surface area contributed by atoms with Crippen LogP contribution in [0.5, 0.6) is 0 Å². The topological polar surface area (TPSA) is 218 Å². The second-order valence-electron chi connectivity index (χ2n) is 18.2. The molecule has 8 rings (SSSR count). The molecule has 0 aliphatic heterocycles. The number of benzene rings is 2. The van der Waals surface area contributed by atoms with E-state index in [-0.39, 0.29) is 36.8 Å². The van der Waals surface area contributed by atoms with Crippen molar-refractivity contribution in [2.24, 2.45) is 11.8 Å². The van der Waals surface area contributed by atoms with E-state index in [1.54, 1.807) is 38.1 Å². The molecule has 6 atom stereocenters. The van der Waals surface area contributed by atoms with Gasteiger partial charge in [0.1, 0.15) is 11.1 Å². The Hall–Kier alpha value is -5.94. The summed E-state index contributed by atoms with van der Waals surface area (Å²) in [4.78, 5) is 32.1. The van der Waals surface area contributed by atoms with E-state index in [1.807, 2.05) is 12.1 Å². The van der Waals surface area contributed by atoms with Crippen LogP contribution in [0.15, 0.2) is 82.8 Å². The molecule has 14 nitrogen and oxygen atoms in total. The molecule has 0 saturated heterocycles. The first-order valence-corrected chi connectivity index (χ1v) is 25.2. The maximum atomic E-state index is 14.0. The summed E-state index contributed by atoms with van der Waals surface area (Å²) in [5.41, 5.74) is -1.81. The van der Waals surface area contributed by atoms with Gasteiger partial charge in [0.2, 0.25) is 11.8 Å². The Kier molecular flexibility index (Phi) is 14.3. The molecule has 4 fully saturated rings. The molecule has 4 saturated carbocycles. The number of hydrogen-bond acceptors (Lipinski definition) is 12. The maximum Gasteiger partial charge on any atom is 0.417 e. The normalized spacial score (nSPS) is 23.5. The standard InChI is InChI=1S/2C24H24F3N3O4S/c2*1-14-3-4-16(12-29-14)15-5-6-21(19(9-15)24(25,26)27)35(32,33)17-10-18(20(11-17)34-2)22(31)30-23(13-28)7-8-23/h2*3-6,9,12,17-18,20H,7-8,10-11H2,1-2H3,(H,30,31)/t2*17-,18-,20-/m10/s1. The van der Waals surface area contributed by atoms with Gasteiger partial charge in [0.05, 0.1) is 67.6 Å². The summed E-state index contributed by atoms with van der Waals surface area (Å²) in [5, 5.41) is 21.2. The van der Waals surface area contributed by atoms with E-state index in [0.29, 0.717) is 48.2 Å². The monoisotopic (exact) mass is 1010 g/mol. The molecule has 2 amide bonds. The van der Waals surface area contributed by atoms with Crippen LogP contribution in [0.1, 0.15) is 73.9 Å². The number of methoxy groups -OCH3 is 2. The molecule has 22 heteroatoms. The molecular formula is C48H48F6N6O8S2. The van der Waals surface area contributed by atoms with Crippen molar-refractivity contribution in [2.45, 2.75) is 121 Å². The number of halogens is 6. The highest BCUT2D eigenvalue weighted by Crippen LogP contribution is 2.45. The number of alkyl halides is 6. The van der Waals surface area contributed by atoms with Crippen LogP contribution >= 0.6 is 0 Å². The summed E-state index contributed by atoms with van der Waals surface area (Å²) in [6, 6.07) is 16.8. The fourth-order valence-corrected chi connectivity index (χ4v) is 12.9. The van der Waals surface area contributed by atoms with Crippen LogP contribution < -0.4 is 10.6 Å². The predicted molar refractivity (Wildman–Crippen MR) is 239 cm³/mol. The van der Waals surface area contributed by atoms with Crippen LogP contribution in [0.4, 0.5) is 26.3 Å². The summed E-state index contributed by atoms with van der Waals surface area (Å²) in [6.45, 7) is 3.49. The average molecular weight is 1020 g/mol. The van der Waals surface area contributed by atoms with E-state index >= 15 is 0 Å². The number of carbonyl (C=O) groups is 2. The number of rotatable bonds is 12. The number of nitrogens with zero attached hydrogens (tertiary/aromatic N) is 4. The molecule has 2 aromatic heterocycles. The average Bonchev–Trinajstić information content (AvgIpc) is 4.17. The van der Waals surface area contributed by atoms with E-state index in [9.17, 15) is 63.3 Å². The number of aromatic nitrogens is 2. The van der Waals surface area contributed by atoms with Gasteiger partial charge >= 0.3 is 12.4 Å². The zero-order chi connectivity index (χ0) is 51.2. The number of hydrogen-bond donors (Lipinski definition) is 2. The van der Waals surface area contributed by atoms with Gasteiger partial charge in [-0.15, -0.1) is 0 Å². The van der Waals surface area contributed by atoms with E-state index in [2.05, 4.69) is 20.6 Å². The number of nitrogens with one attached hydrogen (secondary N) is 2. The van der Waals surface area contributed by atoms with Crippen LogP contribution in [-0.2, 0) is 51.1 Å². The van der Waals surface area contributed by atoms with E-state index in [1.165, 1.54) is 38.7 Å². The SMILES string of the molecule is CO[C@@H]1C[C@H](S(=O)(=O)c2ccc(-c3ccc(C)nc3)cc2C(F)(F)F)C[C@H]1C(=O)NC1(C#N)CC1.CO[C@H]1C[C@@H](S(=O)(=O)c2ccc(-c3ccc(C)nc3)cc2C(F)(F)F)C[C@@H]1C(=O)NC1(C#N)CC1. The van der Waals surface area contributed by atoms with Gasteiger partial charge in [0.15, 0.2) is 19.7 Å². The molecule has 2 N–H and O–H groups in total. The Balaban J connectivity index is 0.000000206. The predicted octanol–water partition coefficient (Wildman–Crippen LogP) is 7.63. The number of amides is 2. The number of pyridine rings is 2. The van der Waals surface area contributed by atoms with Gasteiger partial charge in [-0.2, -0.15) is 36.9 Å². The molecule has 2 aromatic carbocycles. The molecule has 2 heterocycles. The Labute approximate surface area is 400 Å². The lowest BCUT2D eigenvalue weighted by Crippen LogP contribution is -2.42. The minimum absolute atomic E-state index is 0.128.